The number of fused-ring (bicyclic) bond motifs is 1. The number of carbonyl (C=O) groups is 2. The lowest BCUT2D eigenvalue weighted by atomic mass is 9.72. The van der Waals surface area contributed by atoms with Crippen LogP contribution >= 0.6 is 0 Å². The molecular weight excluding hydrogens is 394 g/mol. The molecule has 8 heteroatoms. The number of ether oxygens (including phenoxy) is 1. The van der Waals surface area contributed by atoms with Crippen LogP contribution in [-0.2, 0) is 9.53 Å². The molecule has 5 rings (SSSR count). The number of aromatic nitrogens is 2. The monoisotopic (exact) mass is 423 g/mol. The summed E-state index contributed by atoms with van der Waals surface area (Å²) in [5, 5.41) is 7.34. The van der Waals surface area contributed by atoms with Gasteiger partial charge in [-0.1, -0.05) is 25.0 Å². The van der Waals surface area contributed by atoms with E-state index in [0.717, 1.165) is 56.6 Å². The molecule has 3 heterocycles. The zero-order chi connectivity index (χ0) is 21.2. The van der Waals surface area contributed by atoms with E-state index in [9.17, 15) is 9.59 Å². The minimum Gasteiger partial charge on any atom is -0.381 e. The summed E-state index contributed by atoms with van der Waals surface area (Å²) in [5.41, 5.74) is 8.47. The Morgan fingerprint density at radius 1 is 1.10 bits per heavy atom. The van der Waals surface area contributed by atoms with Crippen LogP contribution in [0, 0.1) is 11.8 Å². The average Bonchev–Trinajstić information content (AvgIpc) is 3.32. The molecule has 8 nitrogen and oxygen atoms in total. The van der Waals surface area contributed by atoms with Crippen LogP contribution in [0.2, 0.25) is 0 Å². The summed E-state index contributed by atoms with van der Waals surface area (Å²) in [5.74, 6) is 0.359. The number of amides is 2. The van der Waals surface area contributed by atoms with Crippen molar-refractivity contribution in [2.24, 2.45) is 11.8 Å². The first-order valence-corrected chi connectivity index (χ1v) is 11.3. The van der Waals surface area contributed by atoms with Crippen LogP contribution in [0.4, 0.5) is 5.69 Å². The smallest absolute Gasteiger partial charge is 0.258 e. The zero-order valence-corrected chi connectivity index (χ0v) is 17.5. The summed E-state index contributed by atoms with van der Waals surface area (Å²) in [6.45, 7) is 1.47. The predicted molar refractivity (Wildman–Crippen MR) is 115 cm³/mol. The van der Waals surface area contributed by atoms with Crippen LogP contribution < -0.4 is 16.2 Å². The van der Waals surface area contributed by atoms with Gasteiger partial charge in [0.15, 0.2) is 0 Å². The van der Waals surface area contributed by atoms with Gasteiger partial charge in [0, 0.05) is 31.0 Å². The van der Waals surface area contributed by atoms with Gasteiger partial charge in [0.2, 0.25) is 5.91 Å². The van der Waals surface area contributed by atoms with Crippen molar-refractivity contribution >= 4 is 17.5 Å². The number of anilines is 1. The SMILES string of the molecule is O=C(Nc1ccc(C2NNC(=O)C3CCCCC32)cc1)c1cnn(C2CCOCC2)c1. The zero-order valence-electron chi connectivity index (χ0n) is 17.5. The number of hydrogen-bond acceptors (Lipinski definition) is 5. The molecule has 31 heavy (non-hydrogen) atoms. The van der Waals surface area contributed by atoms with Gasteiger partial charge in [-0.2, -0.15) is 5.10 Å². The molecule has 1 saturated carbocycles. The summed E-state index contributed by atoms with van der Waals surface area (Å²) >= 11 is 0. The van der Waals surface area contributed by atoms with Crippen LogP contribution in [0.1, 0.15) is 66.5 Å². The second-order valence-electron chi connectivity index (χ2n) is 8.79. The van der Waals surface area contributed by atoms with Gasteiger partial charge >= 0.3 is 0 Å². The quantitative estimate of drug-likeness (QED) is 0.703. The fourth-order valence-corrected chi connectivity index (χ4v) is 5.14. The van der Waals surface area contributed by atoms with Crippen LogP contribution in [0.25, 0.3) is 0 Å². The lowest BCUT2D eigenvalue weighted by Crippen LogP contribution is -2.55. The molecule has 2 saturated heterocycles. The van der Waals surface area contributed by atoms with E-state index >= 15 is 0 Å². The van der Waals surface area contributed by atoms with Crippen LogP contribution in [-0.4, -0.2) is 34.8 Å². The van der Waals surface area contributed by atoms with E-state index in [1.54, 1.807) is 6.20 Å². The van der Waals surface area contributed by atoms with Crippen LogP contribution in [0.5, 0.6) is 0 Å². The summed E-state index contributed by atoms with van der Waals surface area (Å²) in [6, 6.07) is 8.30. The molecule has 2 aromatic rings. The Morgan fingerprint density at radius 3 is 2.68 bits per heavy atom. The first kappa shape index (κ1) is 20.2. The number of nitrogens with zero attached hydrogens (tertiary/aromatic N) is 2. The summed E-state index contributed by atoms with van der Waals surface area (Å²) in [4.78, 5) is 24.9. The van der Waals surface area contributed by atoms with Gasteiger partial charge in [-0.3, -0.25) is 19.7 Å². The van der Waals surface area contributed by atoms with Crippen molar-refractivity contribution in [3.8, 4) is 0 Å². The second-order valence-corrected chi connectivity index (χ2v) is 8.79. The Bertz CT molecular complexity index is 935. The van der Waals surface area contributed by atoms with Crippen molar-refractivity contribution in [2.75, 3.05) is 18.5 Å². The third kappa shape index (κ3) is 4.22. The fourth-order valence-electron chi connectivity index (χ4n) is 5.14. The van der Waals surface area contributed by atoms with E-state index in [1.807, 2.05) is 35.1 Å². The van der Waals surface area contributed by atoms with Gasteiger partial charge < -0.3 is 10.1 Å². The highest BCUT2D eigenvalue weighted by atomic mass is 16.5. The van der Waals surface area contributed by atoms with Crippen LogP contribution in [0.3, 0.4) is 0 Å². The third-order valence-corrected chi connectivity index (χ3v) is 6.89. The molecule has 0 spiro atoms. The minimum absolute atomic E-state index is 0.0895. The molecule has 0 bridgehead atoms. The van der Waals surface area contributed by atoms with Crippen molar-refractivity contribution in [3.63, 3.8) is 0 Å². The van der Waals surface area contributed by atoms with Crippen molar-refractivity contribution in [1.29, 1.82) is 0 Å². The molecule has 2 aliphatic heterocycles. The summed E-state index contributed by atoms with van der Waals surface area (Å²) in [7, 11) is 0. The van der Waals surface area contributed by atoms with Gasteiger partial charge in [0.1, 0.15) is 0 Å². The maximum Gasteiger partial charge on any atom is 0.258 e. The number of nitrogens with one attached hydrogen (secondary N) is 3. The van der Waals surface area contributed by atoms with Crippen LogP contribution in [0.15, 0.2) is 36.7 Å². The van der Waals surface area contributed by atoms with Crippen molar-refractivity contribution in [1.82, 2.24) is 20.6 Å². The molecule has 3 fully saturated rings. The first-order chi connectivity index (χ1) is 15.2. The van der Waals surface area contributed by atoms with E-state index in [4.69, 9.17) is 4.74 Å². The highest BCUT2D eigenvalue weighted by molar-refractivity contribution is 6.03. The molecule has 1 aromatic carbocycles. The van der Waals surface area contributed by atoms with E-state index in [1.165, 1.54) is 6.42 Å². The molecule has 3 unspecified atom stereocenters. The minimum atomic E-state index is -0.165. The van der Waals surface area contributed by atoms with E-state index in [2.05, 4.69) is 21.3 Å². The normalized spacial score (nSPS) is 26.7. The number of benzene rings is 1. The molecule has 3 atom stereocenters. The van der Waals surface area contributed by atoms with Crippen molar-refractivity contribution in [2.45, 2.75) is 50.6 Å². The van der Waals surface area contributed by atoms with Gasteiger partial charge in [0.05, 0.1) is 23.8 Å². The fraction of sp³-hybridized carbons (Fsp3) is 0.522. The Morgan fingerprint density at radius 2 is 1.87 bits per heavy atom. The molecule has 0 radical (unpaired) electrons. The number of carbonyl (C=O) groups excluding carboxylic acids is 2. The van der Waals surface area contributed by atoms with Gasteiger partial charge in [-0.05, 0) is 49.3 Å². The van der Waals surface area contributed by atoms with E-state index < -0.39 is 0 Å². The Labute approximate surface area is 181 Å². The number of hydrazine groups is 1. The van der Waals surface area contributed by atoms with Crippen molar-refractivity contribution < 1.29 is 14.3 Å². The maximum atomic E-state index is 12.7. The molecule has 1 aliphatic carbocycles. The predicted octanol–water partition coefficient (Wildman–Crippen LogP) is 2.97. The highest BCUT2D eigenvalue weighted by Gasteiger charge is 2.40. The summed E-state index contributed by atoms with van der Waals surface area (Å²) < 4.78 is 7.28. The molecule has 2 amide bonds. The van der Waals surface area contributed by atoms with Crippen molar-refractivity contribution in [3.05, 3.63) is 47.8 Å². The van der Waals surface area contributed by atoms with Gasteiger partial charge in [-0.25, -0.2) is 5.43 Å². The van der Waals surface area contributed by atoms with E-state index in [-0.39, 0.29) is 23.8 Å². The second kappa shape index (κ2) is 8.80. The molecule has 3 N–H and O–H groups in total. The molecule has 1 aromatic heterocycles. The topological polar surface area (TPSA) is 97.3 Å². The third-order valence-electron chi connectivity index (χ3n) is 6.89. The Kier molecular flexibility index (Phi) is 5.74. The summed E-state index contributed by atoms with van der Waals surface area (Å²) in [6.07, 6.45) is 9.59. The maximum absolute atomic E-state index is 12.7. The Hall–Kier alpha value is -2.71. The lowest BCUT2D eigenvalue weighted by molar-refractivity contribution is -0.133. The average molecular weight is 424 g/mol. The first-order valence-electron chi connectivity index (χ1n) is 11.3. The molecular formula is C23H29N5O3. The Balaban J connectivity index is 1.24. The van der Waals surface area contributed by atoms with Gasteiger partial charge in [0.25, 0.3) is 5.91 Å². The lowest BCUT2D eigenvalue weighted by Gasteiger charge is -2.41. The standard InChI is InChI=1S/C23H29N5O3/c29-22(16-13-24-28(14-16)18-9-11-31-12-10-18)25-17-7-5-15(6-8-17)21-19-3-1-2-4-20(19)23(30)27-26-21/h5-8,13-14,18-21,26H,1-4,9-12H2,(H,25,29)(H,27,30). The molecule has 3 aliphatic rings. The number of rotatable bonds is 4. The molecule has 164 valence electrons. The number of hydrogen-bond donors (Lipinski definition) is 3. The largest absolute Gasteiger partial charge is 0.381 e. The highest BCUT2D eigenvalue weighted by Crippen LogP contribution is 2.40. The van der Waals surface area contributed by atoms with Gasteiger partial charge in [-0.15, -0.1) is 0 Å². The van der Waals surface area contributed by atoms with E-state index in [0.29, 0.717) is 17.5 Å².